The van der Waals surface area contributed by atoms with Gasteiger partial charge in [-0.05, 0) is 24.7 Å². The Morgan fingerprint density at radius 2 is 2.17 bits per heavy atom. The van der Waals surface area contributed by atoms with E-state index in [1.165, 1.54) is 0 Å². The summed E-state index contributed by atoms with van der Waals surface area (Å²) in [6.45, 7) is 0.964. The van der Waals surface area contributed by atoms with Crippen LogP contribution in [0.3, 0.4) is 0 Å². The van der Waals surface area contributed by atoms with Gasteiger partial charge in [-0.15, -0.1) is 0 Å². The highest BCUT2D eigenvalue weighted by Gasteiger charge is 2.07. The SMILES string of the molecule is CNCC(CO)c1ccncc1. The highest BCUT2D eigenvalue weighted by atomic mass is 16.3. The molecule has 1 aromatic heterocycles. The van der Waals surface area contributed by atoms with Crippen molar-refractivity contribution in [2.75, 3.05) is 20.2 Å². The molecule has 0 bridgehead atoms. The summed E-state index contributed by atoms with van der Waals surface area (Å²) in [6, 6.07) is 3.86. The van der Waals surface area contributed by atoms with Crippen LogP contribution in [0.15, 0.2) is 24.5 Å². The van der Waals surface area contributed by atoms with Crippen LogP contribution in [-0.2, 0) is 0 Å². The molecule has 0 aliphatic carbocycles. The lowest BCUT2D eigenvalue weighted by Gasteiger charge is -2.12. The monoisotopic (exact) mass is 166 g/mol. The van der Waals surface area contributed by atoms with Gasteiger partial charge in [0.15, 0.2) is 0 Å². The van der Waals surface area contributed by atoms with E-state index in [0.29, 0.717) is 0 Å². The average Bonchev–Trinajstić information content (AvgIpc) is 2.15. The zero-order valence-electron chi connectivity index (χ0n) is 7.20. The van der Waals surface area contributed by atoms with Gasteiger partial charge in [0.25, 0.3) is 0 Å². The van der Waals surface area contributed by atoms with Gasteiger partial charge in [-0.1, -0.05) is 0 Å². The van der Waals surface area contributed by atoms with E-state index >= 15 is 0 Å². The van der Waals surface area contributed by atoms with Gasteiger partial charge in [0.05, 0.1) is 6.61 Å². The lowest BCUT2D eigenvalue weighted by Crippen LogP contribution is -2.19. The first-order valence-electron chi connectivity index (χ1n) is 4.04. The van der Waals surface area contributed by atoms with E-state index in [4.69, 9.17) is 5.11 Å². The maximum atomic E-state index is 9.05. The molecular weight excluding hydrogens is 152 g/mol. The van der Waals surface area contributed by atoms with Gasteiger partial charge in [-0.3, -0.25) is 4.98 Å². The molecule has 0 aliphatic heterocycles. The van der Waals surface area contributed by atoms with Crippen LogP contribution in [0, 0.1) is 0 Å². The Labute approximate surface area is 72.5 Å². The maximum absolute atomic E-state index is 9.05. The molecule has 0 saturated carbocycles. The molecule has 0 amide bonds. The van der Waals surface area contributed by atoms with E-state index in [9.17, 15) is 0 Å². The third-order valence-corrected chi connectivity index (χ3v) is 1.85. The van der Waals surface area contributed by atoms with Gasteiger partial charge >= 0.3 is 0 Å². The Morgan fingerprint density at radius 3 is 2.67 bits per heavy atom. The number of hydrogen-bond acceptors (Lipinski definition) is 3. The van der Waals surface area contributed by atoms with Crippen LogP contribution in [0.1, 0.15) is 11.5 Å². The Bertz CT molecular complexity index is 213. The molecule has 66 valence electrons. The van der Waals surface area contributed by atoms with Crippen LogP contribution in [0.5, 0.6) is 0 Å². The summed E-state index contributed by atoms with van der Waals surface area (Å²) in [5, 5.41) is 12.1. The molecule has 0 fully saturated rings. The minimum Gasteiger partial charge on any atom is -0.396 e. The normalized spacial score (nSPS) is 12.8. The van der Waals surface area contributed by atoms with E-state index in [0.717, 1.165) is 12.1 Å². The molecule has 2 N–H and O–H groups in total. The predicted molar refractivity (Wildman–Crippen MR) is 48.0 cm³/mol. The van der Waals surface area contributed by atoms with E-state index in [2.05, 4.69) is 10.3 Å². The summed E-state index contributed by atoms with van der Waals surface area (Å²) in [6.07, 6.45) is 3.49. The van der Waals surface area contributed by atoms with Crippen molar-refractivity contribution in [1.29, 1.82) is 0 Å². The van der Waals surface area contributed by atoms with Crippen LogP contribution in [0.2, 0.25) is 0 Å². The van der Waals surface area contributed by atoms with Crippen LogP contribution < -0.4 is 5.32 Å². The number of aliphatic hydroxyl groups is 1. The summed E-state index contributed by atoms with van der Waals surface area (Å²) >= 11 is 0. The van der Waals surface area contributed by atoms with Crippen LogP contribution in [0.25, 0.3) is 0 Å². The molecule has 1 atom stereocenters. The second-order valence-electron chi connectivity index (χ2n) is 2.72. The minimum absolute atomic E-state index is 0.171. The van der Waals surface area contributed by atoms with Crippen molar-refractivity contribution >= 4 is 0 Å². The van der Waals surface area contributed by atoms with Crippen LogP contribution in [0.4, 0.5) is 0 Å². The summed E-state index contributed by atoms with van der Waals surface area (Å²) in [5.74, 6) is 0.179. The van der Waals surface area contributed by atoms with Crippen molar-refractivity contribution < 1.29 is 5.11 Å². The molecule has 3 heteroatoms. The van der Waals surface area contributed by atoms with Crippen LogP contribution in [-0.4, -0.2) is 30.3 Å². The third kappa shape index (κ3) is 2.29. The Morgan fingerprint density at radius 1 is 1.50 bits per heavy atom. The highest BCUT2D eigenvalue weighted by molar-refractivity contribution is 5.16. The van der Waals surface area contributed by atoms with Crippen molar-refractivity contribution in [1.82, 2.24) is 10.3 Å². The first-order chi connectivity index (χ1) is 5.88. The fourth-order valence-electron chi connectivity index (χ4n) is 1.17. The number of rotatable bonds is 4. The molecule has 0 aliphatic rings. The molecule has 0 saturated heterocycles. The molecule has 3 nitrogen and oxygen atoms in total. The first kappa shape index (κ1) is 9.16. The summed E-state index contributed by atoms with van der Waals surface area (Å²) < 4.78 is 0. The third-order valence-electron chi connectivity index (χ3n) is 1.85. The molecule has 1 unspecified atom stereocenters. The number of nitrogens with zero attached hydrogens (tertiary/aromatic N) is 1. The molecule has 1 rings (SSSR count). The van der Waals surface area contributed by atoms with Gasteiger partial charge in [-0.25, -0.2) is 0 Å². The molecule has 1 heterocycles. The number of pyridine rings is 1. The van der Waals surface area contributed by atoms with E-state index in [-0.39, 0.29) is 12.5 Å². The smallest absolute Gasteiger partial charge is 0.0511 e. The molecule has 0 radical (unpaired) electrons. The maximum Gasteiger partial charge on any atom is 0.0511 e. The molecule has 0 spiro atoms. The molecular formula is C9H14N2O. The summed E-state index contributed by atoms with van der Waals surface area (Å²) in [5.41, 5.74) is 1.13. The van der Waals surface area contributed by atoms with Crippen molar-refractivity contribution in [2.45, 2.75) is 5.92 Å². The minimum atomic E-state index is 0.171. The average molecular weight is 166 g/mol. The fraction of sp³-hybridized carbons (Fsp3) is 0.444. The molecule has 0 aromatic carbocycles. The van der Waals surface area contributed by atoms with Crippen molar-refractivity contribution in [3.63, 3.8) is 0 Å². The highest BCUT2D eigenvalue weighted by Crippen LogP contribution is 2.11. The van der Waals surface area contributed by atoms with E-state index in [1.807, 2.05) is 19.2 Å². The van der Waals surface area contributed by atoms with Gasteiger partial charge < -0.3 is 10.4 Å². The summed E-state index contributed by atoms with van der Waals surface area (Å²) in [4.78, 5) is 3.92. The largest absolute Gasteiger partial charge is 0.396 e. The first-order valence-corrected chi connectivity index (χ1v) is 4.04. The predicted octanol–water partition coefficient (Wildman–Crippen LogP) is 0.377. The second kappa shape index (κ2) is 4.85. The number of aromatic nitrogens is 1. The quantitative estimate of drug-likeness (QED) is 0.679. The van der Waals surface area contributed by atoms with Gasteiger partial charge in [0.1, 0.15) is 0 Å². The van der Waals surface area contributed by atoms with Gasteiger partial charge in [0.2, 0.25) is 0 Å². The lowest BCUT2D eigenvalue weighted by atomic mass is 10.0. The number of nitrogens with one attached hydrogen (secondary N) is 1. The summed E-state index contributed by atoms with van der Waals surface area (Å²) in [7, 11) is 1.88. The Balaban J connectivity index is 2.66. The molecule has 12 heavy (non-hydrogen) atoms. The fourth-order valence-corrected chi connectivity index (χ4v) is 1.17. The Hall–Kier alpha value is -0.930. The zero-order chi connectivity index (χ0) is 8.81. The van der Waals surface area contributed by atoms with Crippen molar-refractivity contribution in [3.05, 3.63) is 30.1 Å². The zero-order valence-corrected chi connectivity index (χ0v) is 7.20. The number of aliphatic hydroxyl groups excluding tert-OH is 1. The van der Waals surface area contributed by atoms with E-state index in [1.54, 1.807) is 12.4 Å². The van der Waals surface area contributed by atoms with Gasteiger partial charge in [-0.2, -0.15) is 0 Å². The second-order valence-corrected chi connectivity index (χ2v) is 2.72. The van der Waals surface area contributed by atoms with Crippen LogP contribution >= 0.6 is 0 Å². The van der Waals surface area contributed by atoms with E-state index < -0.39 is 0 Å². The lowest BCUT2D eigenvalue weighted by molar-refractivity contribution is 0.263. The Kier molecular flexibility index (Phi) is 3.70. The standard InChI is InChI=1S/C9H14N2O/c1-10-6-9(7-12)8-2-4-11-5-3-8/h2-5,9-10,12H,6-7H2,1H3. The van der Waals surface area contributed by atoms with Crippen molar-refractivity contribution in [2.24, 2.45) is 0 Å². The number of hydrogen-bond donors (Lipinski definition) is 2. The van der Waals surface area contributed by atoms with Crippen molar-refractivity contribution in [3.8, 4) is 0 Å². The number of likely N-dealkylation sites (N-methyl/N-ethyl adjacent to an activating group) is 1. The molecule has 1 aromatic rings. The topological polar surface area (TPSA) is 45.1 Å². The van der Waals surface area contributed by atoms with Gasteiger partial charge in [0, 0.05) is 24.9 Å².